The first kappa shape index (κ1) is 14.6. The fraction of sp³-hybridized carbons (Fsp3) is 0.150. The summed E-state index contributed by atoms with van der Waals surface area (Å²) in [6.07, 6.45) is 0. The maximum atomic E-state index is 4.86. The third kappa shape index (κ3) is 2.27. The molecule has 4 nitrogen and oxygen atoms in total. The van der Waals surface area contributed by atoms with E-state index in [1.165, 1.54) is 5.56 Å². The molecule has 118 valence electrons. The van der Waals surface area contributed by atoms with Gasteiger partial charge in [0.05, 0.1) is 17.1 Å². The van der Waals surface area contributed by atoms with Crippen molar-refractivity contribution in [2.24, 2.45) is 0 Å². The van der Waals surface area contributed by atoms with E-state index in [9.17, 15) is 0 Å². The van der Waals surface area contributed by atoms with Crippen molar-refractivity contribution in [1.29, 1.82) is 0 Å². The van der Waals surface area contributed by atoms with E-state index in [-0.39, 0.29) is 0 Å². The van der Waals surface area contributed by atoms with Crippen molar-refractivity contribution in [3.05, 3.63) is 71.5 Å². The van der Waals surface area contributed by atoms with E-state index in [1.54, 1.807) is 0 Å². The number of rotatable bonds is 2. The molecule has 0 aliphatic carbocycles. The fourth-order valence-electron chi connectivity index (χ4n) is 3.05. The first-order valence-corrected chi connectivity index (χ1v) is 8.00. The Balaban J connectivity index is 2.00. The van der Waals surface area contributed by atoms with Gasteiger partial charge in [0.15, 0.2) is 0 Å². The number of hydrogen-bond acceptors (Lipinski definition) is 3. The van der Waals surface area contributed by atoms with Crippen molar-refractivity contribution in [1.82, 2.24) is 20.0 Å². The van der Waals surface area contributed by atoms with Gasteiger partial charge in [-0.25, -0.2) is 4.68 Å². The van der Waals surface area contributed by atoms with Crippen molar-refractivity contribution >= 4 is 10.9 Å². The summed E-state index contributed by atoms with van der Waals surface area (Å²) in [6.45, 7) is 6.15. The molecule has 0 fully saturated rings. The average Bonchev–Trinajstić information content (AvgIpc) is 2.95. The SMILES string of the molecule is Cc1ccc(-n2nc3c(-c4ccccc4)nnc(C)c3c2C)cc1. The minimum atomic E-state index is 0.824. The molecule has 0 N–H and O–H groups in total. The Morgan fingerprint density at radius 3 is 2.21 bits per heavy atom. The summed E-state index contributed by atoms with van der Waals surface area (Å²) < 4.78 is 1.98. The van der Waals surface area contributed by atoms with Crippen LogP contribution in [-0.4, -0.2) is 20.0 Å². The second-order valence-corrected chi connectivity index (χ2v) is 6.06. The van der Waals surface area contributed by atoms with E-state index in [1.807, 2.05) is 41.9 Å². The van der Waals surface area contributed by atoms with Gasteiger partial charge >= 0.3 is 0 Å². The molecule has 0 unspecified atom stereocenters. The lowest BCUT2D eigenvalue weighted by Gasteiger charge is -2.04. The Kier molecular flexibility index (Phi) is 3.38. The molecule has 2 aromatic carbocycles. The molecule has 0 amide bonds. The summed E-state index contributed by atoms with van der Waals surface area (Å²) in [7, 11) is 0. The van der Waals surface area contributed by atoms with Crippen LogP contribution < -0.4 is 0 Å². The van der Waals surface area contributed by atoms with Crippen LogP contribution in [0.15, 0.2) is 54.6 Å². The molecule has 0 radical (unpaired) electrons. The quantitative estimate of drug-likeness (QED) is 0.550. The van der Waals surface area contributed by atoms with E-state index >= 15 is 0 Å². The Hall–Kier alpha value is -3.01. The van der Waals surface area contributed by atoms with E-state index in [0.29, 0.717) is 0 Å². The summed E-state index contributed by atoms with van der Waals surface area (Å²) in [5, 5.41) is 14.7. The minimum absolute atomic E-state index is 0.824. The van der Waals surface area contributed by atoms with Crippen LogP contribution in [0.3, 0.4) is 0 Å². The van der Waals surface area contributed by atoms with Crippen LogP contribution in [0, 0.1) is 20.8 Å². The van der Waals surface area contributed by atoms with Gasteiger partial charge in [-0.1, -0.05) is 48.0 Å². The van der Waals surface area contributed by atoms with E-state index in [0.717, 1.165) is 39.2 Å². The number of nitrogens with zero attached hydrogens (tertiary/aromatic N) is 4. The Morgan fingerprint density at radius 1 is 0.792 bits per heavy atom. The molecule has 24 heavy (non-hydrogen) atoms. The third-order valence-corrected chi connectivity index (χ3v) is 4.33. The Labute approximate surface area is 140 Å². The third-order valence-electron chi connectivity index (χ3n) is 4.33. The molecule has 0 atom stereocenters. The molecule has 0 bridgehead atoms. The van der Waals surface area contributed by atoms with Crippen LogP contribution in [0.25, 0.3) is 27.8 Å². The van der Waals surface area contributed by atoms with Crippen molar-refractivity contribution < 1.29 is 0 Å². The molecule has 0 aliphatic rings. The maximum absolute atomic E-state index is 4.86. The molecule has 0 aliphatic heterocycles. The highest BCUT2D eigenvalue weighted by Crippen LogP contribution is 2.30. The van der Waals surface area contributed by atoms with Gasteiger partial charge < -0.3 is 0 Å². The largest absolute Gasteiger partial charge is 0.237 e. The van der Waals surface area contributed by atoms with E-state index in [2.05, 4.69) is 48.3 Å². The van der Waals surface area contributed by atoms with Crippen LogP contribution in [0.4, 0.5) is 0 Å². The molecule has 2 aromatic heterocycles. The molecular weight excluding hydrogens is 296 g/mol. The summed E-state index contributed by atoms with van der Waals surface area (Å²) in [6, 6.07) is 18.5. The highest BCUT2D eigenvalue weighted by atomic mass is 15.3. The zero-order valence-corrected chi connectivity index (χ0v) is 14.0. The lowest BCUT2D eigenvalue weighted by Crippen LogP contribution is -1.98. The predicted molar refractivity (Wildman–Crippen MR) is 96.3 cm³/mol. The van der Waals surface area contributed by atoms with Gasteiger partial charge in [0.2, 0.25) is 0 Å². The van der Waals surface area contributed by atoms with Crippen molar-refractivity contribution in [2.45, 2.75) is 20.8 Å². The number of hydrogen-bond donors (Lipinski definition) is 0. The lowest BCUT2D eigenvalue weighted by atomic mass is 10.1. The van der Waals surface area contributed by atoms with Gasteiger partial charge in [-0.15, -0.1) is 5.10 Å². The second-order valence-electron chi connectivity index (χ2n) is 6.06. The molecular formula is C20H18N4. The summed E-state index contributed by atoms with van der Waals surface area (Å²) in [4.78, 5) is 0. The monoisotopic (exact) mass is 314 g/mol. The van der Waals surface area contributed by atoms with Crippen molar-refractivity contribution in [2.75, 3.05) is 0 Å². The van der Waals surface area contributed by atoms with Crippen LogP contribution in [-0.2, 0) is 0 Å². The maximum Gasteiger partial charge on any atom is 0.123 e. The number of aryl methyl sites for hydroxylation is 3. The van der Waals surface area contributed by atoms with Gasteiger partial charge in [0.25, 0.3) is 0 Å². The highest BCUT2D eigenvalue weighted by Gasteiger charge is 2.17. The van der Waals surface area contributed by atoms with Crippen molar-refractivity contribution in [3.63, 3.8) is 0 Å². The highest BCUT2D eigenvalue weighted by molar-refractivity contribution is 5.94. The van der Waals surface area contributed by atoms with Crippen LogP contribution in [0.1, 0.15) is 17.0 Å². The van der Waals surface area contributed by atoms with Crippen LogP contribution in [0.5, 0.6) is 0 Å². The average molecular weight is 314 g/mol. The Morgan fingerprint density at radius 2 is 1.50 bits per heavy atom. The van der Waals surface area contributed by atoms with E-state index in [4.69, 9.17) is 5.10 Å². The summed E-state index contributed by atoms with van der Waals surface area (Å²) >= 11 is 0. The molecule has 2 heterocycles. The first-order chi connectivity index (χ1) is 11.6. The lowest BCUT2D eigenvalue weighted by molar-refractivity contribution is 0.860. The molecule has 0 saturated heterocycles. The summed E-state index contributed by atoms with van der Waals surface area (Å²) in [5.74, 6) is 0. The zero-order chi connectivity index (χ0) is 16.7. The zero-order valence-electron chi connectivity index (χ0n) is 14.0. The summed E-state index contributed by atoms with van der Waals surface area (Å²) in [5.41, 5.74) is 7.02. The number of fused-ring (bicyclic) bond motifs is 1. The standard InChI is InChI=1S/C20H18N4/c1-13-9-11-17(12-10-13)24-15(3)18-14(2)21-22-19(20(18)23-24)16-7-5-4-6-8-16/h4-12H,1-3H3. The van der Waals surface area contributed by atoms with Crippen LogP contribution in [0.2, 0.25) is 0 Å². The topological polar surface area (TPSA) is 43.6 Å². The molecule has 4 heteroatoms. The molecule has 4 aromatic rings. The molecule has 0 spiro atoms. The van der Waals surface area contributed by atoms with Crippen LogP contribution >= 0.6 is 0 Å². The minimum Gasteiger partial charge on any atom is -0.237 e. The van der Waals surface area contributed by atoms with Gasteiger partial charge in [0.1, 0.15) is 11.2 Å². The predicted octanol–water partition coefficient (Wildman–Crippen LogP) is 4.41. The van der Waals surface area contributed by atoms with Gasteiger partial charge in [0, 0.05) is 10.9 Å². The molecule has 0 saturated carbocycles. The van der Waals surface area contributed by atoms with Gasteiger partial charge in [-0.2, -0.15) is 10.2 Å². The normalized spacial score (nSPS) is 11.1. The second kappa shape index (κ2) is 5.57. The van der Waals surface area contributed by atoms with Crippen molar-refractivity contribution in [3.8, 4) is 16.9 Å². The molecule has 4 rings (SSSR count). The smallest absolute Gasteiger partial charge is 0.123 e. The Bertz CT molecular complexity index is 1020. The van der Waals surface area contributed by atoms with Gasteiger partial charge in [-0.05, 0) is 32.9 Å². The van der Waals surface area contributed by atoms with E-state index < -0.39 is 0 Å². The van der Waals surface area contributed by atoms with Gasteiger partial charge in [-0.3, -0.25) is 0 Å². The first-order valence-electron chi connectivity index (χ1n) is 8.00. The number of aromatic nitrogens is 4. The number of benzene rings is 2. The fourth-order valence-corrected chi connectivity index (χ4v) is 3.05.